The van der Waals surface area contributed by atoms with E-state index in [9.17, 15) is 0 Å². The number of likely N-dealkylation sites (N-methyl/N-ethyl adjacent to an activating group) is 1. The lowest BCUT2D eigenvalue weighted by molar-refractivity contribution is 0.232. The van der Waals surface area contributed by atoms with Crippen LogP contribution in [0.15, 0.2) is 24.3 Å². The molecule has 0 aromatic heterocycles. The minimum absolute atomic E-state index is 0.721. The maximum absolute atomic E-state index is 5.59. The van der Waals surface area contributed by atoms with Gasteiger partial charge in [-0.1, -0.05) is 26.0 Å². The quantitative estimate of drug-likeness (QED) is 0.851. The van der Waals surface area contributed by atoms with Gasteiger partial charge in [0.2, 0.25) is 0 Å². The van der Waals surface area contributed by atoms with Crippen LogP contribution >= 0.6 is 0 Å². The average molecular weight is 261 g/mol. The van der Waals surface area contributed by atoms with Gasteiger partial charge < -0.3 is 10.6 Å². The Bertz CT molecular complexity index is 370. The molecule has 0 amide bonds. The SMILES string of the molecule is CCN(CC)C1CCN(c2ccc(CCN)cc2)C1. The van der Waals surface area contributed by atoms with E-state index in [2.05, 4.69) is 47.9 Å². The summed E-state index contributed by atoms with van der Waals surface area (Å²) in [7, 11) is 0. The van der Waals surface area contributed by atoms with E-state index >= 15 is 0 Å². The van der Waals surface area contributed by atoms with Gasteiger partial charge in [0.15, 0.2) is 0 Å². The van der Waals surface area contributed by atoms with E-state index in [4.69, 9.17) is 5.73 Å². The lowest BCUT2D eigenvalue weighted by atomic mass is 10.1. The second kappa shape index (κ2) is 6.92. The smallest absolute Gasteiger partial charge is 0.0366 e. The Kier molecular flexibility index (Phi) is 5.23. The molecule has 1 heterocycles. The Morgan fingerprint density at radius 1 is 1.21 bits per heavy atom. The van der Waals surface area contributed by atoms with Crippen molar-refractivity contribution in [3.05, 3.63) is 29.8 Å². The molecule has 2 N–H and O–H groups in total. The maximum atomic E-state index is 5.59. The van der Waals surface area contributed by atoms with Crippen LogP contribution in [0.4, 0.5) is 5.69 Å². The lowest BCUT2D eigenvalue weighted by Gasteiger charge is -2.26. The van der Waals surface area contributed by atoms with Crippen molar-refractivity contribution >= 4 is 5.69 Å². The molecule has 1 saturated heterocycles. The van der Waals surface area contributed by atoms with Crippen LogP contribution < -0.4 is 10.6 Å². The average Bonchev–Trinajstić information content (AvgIpc) is 2.91. The first-order chi connectivity index (χ1) is 9.28. The molecule has 19 heavy (non-hydrogen) atoms. The highest BCUT2D eigenvalue weighted by atomic mass is 15.2. The van der Waals surface area contributed by atoms with Gasteiger partial charge in [-0.2, -0.15) is 0 Å². The normalized spacial score (nSPS) is 19.4. The predicted molar refractivity (Wildman–Crippen MR) is 82.7 cm³/mol. The summed E-state index contributed by atoms with van der Waals surface area (Å²) in [5, 5.41) is 0. The molecule has 1 fully saturated rings. The van der Waals surface area contributed by atoms with Crippen LogP contribution in [0, 0.1) is 0 Å². The van der Waals surface area contributed by atoms with Gasteiger partial charge in [-0.25, -0.2) is 0 Å². The Morgan fingerprint density at radius 2 is 1.89 bits per heavy atom. The van der Waals surface area contributed by atoms with E-state index in [-0.39, 0.29) is 0 Å². The predicted octanol–water partition coefficient (Wildman–Crippen LogP) is 2.11. The highest BCUT2D eigenvalue weighted by molar-refractivity contribution is 5.48. The highest BCUT2D eigenvalue weighted by Crippen LogP contribution is 2.23. The molecule has 0 spiro atoms. The van der Waals surface area contributed by atoms with Crippen molar-refractivity contribution in [1.29, 1.82) is 0 Å². The topological polar surface area (TPSA) is 32.5 Å². The van der Waals surface area contributed by atoms with Crippen LogP contribution in [0.2, 0.25) is 0 Å². The standard InChI is InChI=1S/C16H27N3/c1-3-18(4-2)16-10-12-19(13-16)15-7-5-14(6-8-15)9-11-17/h5-8,16H,3-4,9-13,17H2,1-2H3. The minimum Gasteiger partial charge on any atom is -0.370 e. The van der Waals surface area contributed by atoms with Gasteiger partial charge in [-0.3, -0.25) is 4.90 Å². The van der Waals surface area contributed by atoms with E-state index in [0.717, 1.165) is 38.6 Å². The van der Waals surface area contributed by atoms with Gasteiger partial charge in [0.25, 0.3) is 0 Å². The van der Waals surface area contributed by atoms with Crippen molar-refractivity contribution in [2.24, 2.45) is 5.73 Å². The highest BCUT2D eigenvalue weighted by Gasteiger charge is 2.26. The fraction of sp³-hybridized carbons (Fsp3) is 0.625. The van der Waals surface area contributed by atoms with Gasteiger partial charge >= 0.3 is 0 Å². The summed E-state index contributed by atoms with van der Waals surface area (Å²) < 4.78 is 0. The van der Waals surface area contributed by atoms with Crippen molar-refractivity contribution in [3.8, 4) is 0 Å². The fourth-order valence-electron chi connectivity index (χ4n) is 3.05. The molecule has 0 radical (unpaired) electrons. The molecule has 0 aliphatic carbocycles. The summed E-state index contributed by atoms with van der Waals surface area (Å²) in [6, 6.07) is 9.64. The summed E-state index contributed by atoms with van der Waals surface area (Å²) in [5.41, 5.74) is 8.28. The number of nitrogens with two attached hydrogens (primary N) is 1. The summed E-state index contributed by atoms with van der Waals surface area (Å²) >= 11 is 0. The van der Waals surface area contributed by atoms with E-state index in [0.29, 0.717) is 0 Å². The second-order valence-electron chi connectivity index (χ2n) is 5.31. The van der Waals surface area contributed by atoms with Crippen LogP contribution in [-0.2, 0) is 6.42 Å². The molecule has 1 unspecified atom stereocenters. The van der Waals surface area contributed by atoms with Gasteiger partial charge in [0.1, 0.15) is 0 Å². The molecule has 0 bridgehead atoms. The monoisotopic (exact) mass is 261 g/mol. The Morgan fingerprint density at radius 3 is 2.47 bits per heavy atom. The van der Waals surface area contributed by atoms with E-state index in [1.807, 2.05) is 0 Å². The van der Waals surface area contributed by atoms with Crippen LogP contribution in [0.1, 0.15) is 25.8 Å². The molecule has 106 valence electrons. The van der Waals surface area contributed by atoms with Gasteiger partial charge in [-0.15, -0.1) is 0 Å². The molecular weight excluding hydrogens is 234 g/mol. The molecule has 0 saturated carbocycles. The summed E-state index contributed by atoms with van der Waals surface area (Å²) in [6.45, 7) is 9.90. The maximum Gasteiger partial charge on any atom is 0.0366 e. The largest absolute Gasteiger partial charge is 0.370 e. The number of hydrogen-bond donors (Lipinski definition) is 1. The summed E-state index contributed by atoms with van der Waals surface area (Å²) in [6.07, 6.45) is 2.26. The third kappa shape index (κ3) is 3.48. The molecule has 1 aromatic rings. The Labute approximate surface area is 117 Å². The van der Waals surface area contributed by atoms with Crippen LogP contribution in [0.3, 0.4) is 0 Å². The zero-order valence-corrected chi connectivity index (χ0v) is 12.3. The third-order valence-electron chi connectivity index (χ3n) is 4.23. The van der Waals surface area contributed by atoms with E-state index in [1.54, 1.807) is 0 Å². The van der Waals surface area contributed by atoms with Crippen LogP contribution in [0.25, 0.3) is 0 Å². The lowest BCUT2D eigenvalue weighted by Crippen LogP contribution is -2.37. The van der Waals surface area contributed by atoms with Crippen molar-refractivity contribution in [2.45, 2.75) is 32.7 Å². The summed E-state index contributed by atoms with van der Waals surface area (Å²) in [5.74, 6) is 0. The number of anilines is 1. The molecule has 1 aliphatic heterocycles. The van der Waals surface area contributed by atoms with Crippen molar-refractivity contribution in [2.75, 3.05) is 37.6 Å². The molecule has 3 heteroatoms. The van der Waals surface area contributed by atoms with Gasteiger partial charge in [0.05, 0.1) is 0 Å². The Hall–Kier alpha value is -1.06. The zero-order chi connectivity index (χ0) is 13.7. The first-order valence-electron chi connectivity index (χ1n) is 7.56. The minimum atomic E-state index is 0.721. The number of benzene rings is 1. The zero-order valence-electron chi connectivity index (χ0n) is 12.3. The van der Waals surface area contributed by atoms with Crippen molar-refractivity contribution in [3.63, 3.8) is 0 Å². The number of hydrogen-bond acceptors (Lipinski definition) is 3. The van der Waals surface area contributed by atoms with Crippen molar-refractivity contribution < 1.29 is 0 Å². The molecule has 3 nitrogen and oxygen atoms in total. The van der Waals surface area contributed by atoms with Crippen molar-refractivity contribution in [1.82, 2.24) is 4.90 Å². The summed E-state index contributed by atoms with van der Waals surface area (Å²) in [4.78, 5) is 5.08. The molecular formula is C16H27N3. The van der Waals surface area contributed by atoms with Gasteiger partial charge in [-0.05, 0) is 50.2 Å². The first-order valence-corrected chi connectivity index (χ1v) is 7.56. The van der Waals surface area contributed by atoms with E-state index in [1.165, 1.54) is 24.2 Å². The molecule has 2 rings (SSSR count). The molecule has 1 aliphatic rings. The van der Waals surface area contributed by atoms with Gasteiger partial charge in [0, 0.05) is 24.8 Å². The number of nitrogens with zero attached hydrogens (tertiary/aromatic N) is 2. The Balaban J connectivity index is 1.96. The third-order valence-corrected chi connectivity index (χ3v) is 4.23. The molecule has 1 aromatic carbocycles. The second-order valence-corrected chi connectivity index (χ2v) is 5.31. The fourth-order valence-corrected chi connectivity index (χ4v) is 3.05. The van der Waals surface area contributed by atoms with Crippen LogP contribution in [0.5, 0.6) is 0 Å². The van der Waals surface area contributed by atoms with E-state index < -0.39 is 0 Å². The van der Waals surface area contributed by atoms with Crippen LogP contribution in [-0.4, -0.2) is 43.7 Å². The molecule has 1 atom stereocenters. The number of rotatable bonds is 6. The first kappa shape index (κ1) is 14.4.